The first-order valence-corrected chi connectivity index (χ1v) is 10.2. The van der Waals surface area contributed by atoms with Crippen molar-refractivity contribution in [2.24, 2.45) is 0 Å². The lowest BCUT2D eigenvalue weighted by Gasteiger charge is -2.36. The number of hydrogen-bond donors (Lipinski definition) is 1. The molecule has 0 radical (unpaired) electrons. The van der Waals surface area contributed by atoms with E-state index in [1.54, 1.807) is 6.92 Å². The van der Waals surface area contributed by atoms with Crippen LogP contribution in [0.4, 0.5) is 4.79 Å². The van der Waals surface area contributed by atoms with E-state index in [-0.39, 0.29) is 30.7 Å². The molecule has 1 unspecified atom stereocenters. The van der Waals surface area contributed by atoms with Crippen molar-refractivity contribution in [1.29, 1.82) is 0 Å². The highest BCUT2D eigenvalue weighted by Gasteiger charge is 2.44. The second-order valence-electron chi connectivity index (χ2n) is 7.71. The average molecular weight is 390 g/mol. The van der Waals surface area contributed by atoms with Gasteiger partial charge in [0.15, 0.2) is 0 Å². The van der Waals surface area contributed by atoms with Crippen molar-refractivity contribution in [3.05, 3.63) is 83.1 Å². The molecule has 1 N–H and O–H groups in total. The second kappa shape index (κ2) is 8.52. The number of aryl methyl sites for hydroxylation is 1. The molecule has 1 saturated heterocycles. The Labute approximate surface area is 171 Å². The van der Waals surface area contributed by atoms with Crippen molar-refractivity contribution < 1.29 is 14.3 Å². The van der Waals surface area contributed by atoms with Gasteiger partial charge in [-0.3, -0.25) is 0 Å². The van der Waals surface area contributed by atoms with Gasteiger partial charge in [0.25, 0.3) is 0 Å². The van der Waals surface area contributed by atoms with E-state index in [2.05, 4.69) is 17.4 Å². The van der Waals surface area contributed by atoms with Crippen LogP contribution in [-0.2, 0) is 22.6 Å². The Kier molecular flexibility index (Phi) is 5.65. The molecule has 150 valence electrons. The predicted molar refractivity (Wildman–Crippen MR) is 111 cm³/mol. The fourth-order valence-corrected chi connectivity index (χ4v) is 4.37. The zero-order valence-corrected chi connectivity index (χ0v) is 16.6. The van der Waals surface area contributed by atoms with E-state index in [1.165, 1.54) is 5.56 Å². The fourth-order valence-electron chi connectivity index (χ4n) is 4.37. The van der Waals surface area contributed by atoms with Crippen LogP contribution in [0.1, 0.15) is 37.3 Å². The van der Waals surface area contributed by atoms with Gasteiger partial charge >= 0.3 is 12.0 Å². The number of nitrogens with one attached hydrogen (secondary N) is 1. The third-order valence-corrected chi connectivity index (χ3v) is 5.81. The Morgan fingerprint density at radius 3 is 2.38 bits per heavy atom. The summed E-state index contributed by atoms with van der Waals surface area (Å²) in [7, 11) is 0. The van der Waals surface area contributed by atoms with E-state index in [0.29, 0.717) is 11.3 Å². The lowest BCUT2D eigenvalue weighted by molar-refractivity contribution is -0.141. The highest BCUT2D eigenvalue weighted by molar-refractivity contribution is 5.95. The molecule has 0 spiro atoms. The van der Waals surface area contributed by atoms with E-state index >= 15 is 0 Å². The third kappa shape index (κ3) is 4.19. The molecule has 2 heterocycles. The van der Waals surface area contributed by atoms with Crippen molar-refractivity contribution in [2.75, 3.05) is 0 Å². The summed E-state index contributed by atoms with van der Waals surface area (Å²) < 4.78 is 5.57. The maximum Gasteiger partial charge on any atom is 0.338 e. The lowest BCUT2D eigenvalue weighted by atomic mass is 10.0. The van der Waals surface area contributed by atoms with Crippen LogP contribution < -0.4 is 5.32 Å². The number of urea groups is 1. The van der Waals surface area contributed by atoms with Crippen molar-refractivity contribution in [3.63, 3.8) is 0 Å². The molecule has 1 fully saturated rings. The number of carbonyl (C=O) groups is 2. The van der Waals surface area contributed by atoms with Gasteiger partial charge in [0.2, 0.25) is 0 Å². The summed E-state index contributed by atoms with van der Waals surface area (Å²) >= 11 is 0. The number of allylic oxidation sites excluding steroid dienone is 1. The number of benzene rings is 2. The lowest BCUT2D eigenvalue weighted by Crippen LogP contribution is -2.52. The minimum Gasteiger partial charge on any atom is -0.457 e. The van der Waals surface area contributed by atoms with Crippen LogP contribution in [0.2, 0.25) is 0 Å². The summed E-state index contributed by atoms with van der Waals surface area (Å²) in [4.78, 5) is 27.4. The number of ether oxygens (including phenoxy) is 1. The first-order valence-electron chi connectivity index (χ1n) is 10.2. The first kappa shape index (κ1) is 19.2. The number of esters is 1. The topological polar surface area (TPSA) is 58.6 Å². The van der Waals surface area contributed by atoms with E-state index < -0.39 is 0 Å². The Bertz CT molecular complexity index is 908. The molecule has 5 heteroatoms. The molecular formula is C24H26N2O3. The first-order chi connectivity index (χ1) is 14.1. The molecule has 2 amide bonds. The number of fused-ring (bicyclic) bond motifs is 1. The minimum atomic E-state index is -0.343. The maximum atomic E-state index is 12.9. The Hall–Kier alpha value is -3.08. The summed E-state index contributed by atoms with van der Waals surface area (Å²) in [6.45, 7) is 2.01. The second-order valence-corrected chi connectivity index (χ2v) is 7.71. The molecule has 2 aromatic carbocycles. The van der Waals surface area contributed by atoms with E-state index in [1.807, 2.05) is 53.4 Å². The fraction of sp³-hybridized carbons (Fsp3) is 0.333. The molecule has 29 heavy (non-hydrogen) atoms. The van der Waals surface area contributed by atoms with E-state index in [9.17, 15) is 9.59 Å². The SMILES string of the molecule is CC1=C(C(=O)OCc2ccccc2)C2CC[C@H](CCc3ccccc3)N2C(=O)N1. The van der Waals surface area contributed by atoms with Gasteiger partial charge in [-0.25, -0.2) is 9.59 Å². The van der Waals surface area contributed by atoms with Gasteiger partial charge in [-0.1, -0.05) is 60.7 Å². The quantitative estimate of drug-likeness (QED) is 0.753. The summed E-state index contributed by atoms with van der Waals surface area (Å²) in [5.41, 5.74) is 3.41. The number of amides is 2. The Morgan fingerprint density at radius 1 is 1.03 bits per heavy atom. The number of nitrogens with zero attached hydrogens (tertiary/aromatic N) is 1. The zero-order valence-electron chi connectivity index (χ0n) is 16.6. The van der Waals surface area contributed by atoms with Crippen LogP contribution in [0.3, 0.4) is 0 Å². The molecule has 5 nitrogen and oxygen atoms in total. The summed E-state index contributed by atoms with van der Waals surface area (Å²) in [6.07, 6.45) is 3.49. The van der Waals surface area contributed by atoms with Gasteiger partial charge in [0.05, 0.1) is 11.6 Å². The largest absolute Gasteiger partial charge is 0.457 e. The van der Waals surface area contributed by atoms with E-state index in [4.69, 9.17) is 4.74 Å². The maximum absolute atomic E-state index is 12.9. The summed E-state index contributed by atoms with van der Waals surface area (Å²) in [6, 6.07) is 19.8. The zero-order chi connectivity index (χ0) is 20.2. The van der Waals surface area contributed by atoms with Crippen molar-refractivity contribution in [1.82, 2.24) is 10.2 Å². The van der Waals surface area contributed by atoms with Gasteiger partial charge in [0.1, 0.15) is 6.61 Å². The number of hydrogen-bond acceptors (Lipinski definition) is 3. The van der Waals surface area contributed by atoms with E-state index in [0.717, 1.165) is 31.2 Å². The van der Waals surface area contributed by atoms with Crippen LogP contribution in [0.25, 0.3) is 0 Å². The predicted octanol–water partition coefficient (Wildman–Crippen LogP) is 4.19. The monoisotopic (exact) mass is 390 g/mol. The number of rotatable bonds is 6. The van der Waals surface area contributed by atoms with Crippen molar-refractivity contribution >= 4 is 12.0 Å². The van der Waals surface area contributed by atoms with Gasteiger partial charge < -0.3 is 15.0 Å². The smallest absolute Gasteiger partial charge is 0.338 e. The van der Waals surface area contributed by atoms with Crippen molar-refractivity contribution in [2.45, 2.75) is 51.3 Å². The number of carbonyl (C=O) groups excluding carboxylic acids is 2. The highest BCUT2D eigenvalue weighted by Crippen LogP contribution is 2.35. The Morgan fingerprint density at radius 2 is 1.69 bits per heavy atom. The van der Waals surface area contributed by atoms with Crippen LogP contribution >= 0.6 is 0 Å². The average Bonchev–Trinajstić information content (AvgIpc) is 3.16. The molecule has 0 aromatic heterocycles. The standard InChI is InChI=1S/C24H26N2O3/c1-17-22(23(27)29-16-19-10-6-3-7-11-19)21-15-14-20(26(21)24(28)25-17)13-12-18-8-4-2-5-9-18/h2-11,20-21H,12-16H2,1H3,(H,25,28)/t20-,21?/m0/s1. The van der Waals surface area contributed by atoms with Gasteiger partial charge in [-0.15, -0.1) is 0 Å². The molecule has 2 aromatic rings. The summed E-state index contributed by atoms with van der Waals surface area (Å²) in [5, 5.41) is 2.87. The molecule has 0 saturated carbocycles. The van der Waals surface area contributed by atoms with Crippen LogP contribution in [-0.4, -0.2) is 29.0 Å². The van der Waals surface area contributed by atoms with Gasteiger partial charge in [-0.2, -0.15) is 0 Å². The molecule has 0 bridgehead atoms. The van der Waals surface area contributed by atoms with Gasteiger partial charge in [0, 0.05) is 11.7 Å². The van der Waals surface area contributed by atoms with Crippen molar-refractivity contribution in [3.8, 4) is 0 Å². The normalized spacial score (nSPS) is 21.0. The highest BCUT2D eigenvalue weighted by atomic mass is 16.5. The molecule has 2 aliphatic rings. The van der Waals surface area contributed by atoms with Gasteiger partial charge in [-0.05, 0) is 43.7 Å². The molecule has 2 aliphatic heterocycles. The summed E-state index contributed by atoms with van der Waals surface area (Å²) in [5.74, 6) is -0.343. The minimum absolute atomic E-state index is 0.109. The third-order valence-electron chi connectivity index (χ3n) is 5.81. The van der Waals surface area contributed by atoms with Crippen LogP contribution in [0, 0.1) is 0 Å². The molecule has 0 aliphatic carbocycles. The van der Waals surface area contributed by atoms with Crippen LogP contribution in [0.5, 0.6) is 0 Å². The molecule has 2 atom stereocenters. The molecule has 4 rings (SSSR count). The van der Waals surface area contributed by atoms with Crippen LogP contribution in [0.15, 0.2) is 71.9 Å². The molecular weight excluding hydrogens is 364 g/mol. The Balaban J connectivity index is 1.44.